The number of halogens is 2. The fraction of sp³-hybridized carbons (Fsp3) is 0.565. The number of alkyl halides is 1. The Morgan fingerprint density at radius 2 is 2.10 bits per heavy atom. The summed E-state index contributed by atoms with van der Waals surface area (Å²) < 4.78 is 13.6. The third-order valence-electron chi connectivity index (χ3n) is 6.72. The smallest absolute Gasteiger partial charge is 0.435 e. The summed E-state index contributed by atoms with van der Waals surface area (Å²) in [5, 5.41) is 8.18. The number of benzene rings is 1. The van der Waals surface area contributed by atoms with Crippen molar-refractivity contribution in [2.24, 2.45) is 11.3 Å². The van der Waals surface area contributed by atoms with Gasteiger partial charge in [0.1, 0.15) is 17.3 Å². The van der Waals surface area contributed by atoms with E-state index in [9.17, 15) is 4.79 Å². The lowest BCUT2D eigenvalue weighted by Gasteiger charge is -2.50. The van der Waals surface area contributed by atoms with E-state index in [0.29, 0.717) is 16.6 Å². The van der Waals surface area contributed by atoms with Crippen LogP contribution in [0, 0.1) is 11.3 Å². The zero-order valence-corrected chi connectivity index (χ0v) is 21.3. The predicted octanol–water partition coefficient (Wildman–Crippen LogP) is 5.23. The SMILES string of the molecule is COC1c2c(c(Br)nn2C(=O)OCc2ccccc2)CC2(CCNC(C(C)C)C2)C1Br. The Morgan fingerprint density at radius 1 is 1.35 bits per heavy atom. The number of methoxy groups -OCH3 is 1. The first-order valence-electron chi connectivity index (χ1n) is 10.7. The Balaban J connectivity index is 1.63. The van der Waals surface area contributed by atoms with Crippen molar-refractivity contribution in [3.05, 3.63) is 51.8 Å². The number of aromatic nitrogens is 2. The van der Waals surface area contributed by atoms with Gasteiger partial charge in [-0.1, -0.05) is 60.1 Å². The predicted molar refractivity (Wildman–Crippen MR) is 126 cm³/mol. The van der Waals surface area contributed by atoms with Gasteiger partial charge in [0.15, 0.2) is 0 Å². The van der Waals surface area contributed by atoms with Gasteiger partial charge in [-0.25, -0.2) is 4.79 Å². The third-order valence-corrected chi connectivity index (χ3v) is 8.80. The molecule has 0 bridgehead atoms. The number of carbonyl (C=O) groups excluding carboxylic acids is 1. The first-order chi connectivity index (χ1) is 14.9. The van der Waals surface area contributed by atoms with Gasteiger partial charge in [-0.15, -0.1) is 0 Å². The van der Waals surface area contributed by atoms with E-state index in [0.717, 1.165) is 42.6 Å². The topological polar surface area (TPSA) is 65.4 Å². The van der Waals surface area contributed by atoms with Gasteiger partial charge in [0.05, 0.1) is 10.5 Å². The molecular formula is C23H29Br2N3O3. The second-order valence-corrected chi connectivity index (χ2v) is 10.7. The number of hydrogen-bond donors (Lipinski definition) is 1. The number of rotatable bonds is 4. The summed E-state index contributed by atoms with van der Waals surface area (Å²) in [6, 6.07) is 10.1. The fourth-order valence-electron chi connectivity index (χ4n) is 4.95. The van der Waals surface area contributed by atoms with Crippen LogP contribution in [0.3, 0.4) is 0 Å². The van der Waals surface area contributed by atoms with Crippen LogP contribution in [0.5, 0.6) is 0 Å². The number of nitrogens with zero attached hydrogens (tertiary/aromatic N) is 2. The summed E-state index contributed by atoms with van der Waals surface area (Å²) in [4.78, 5) is 13.0. The Labute approximate surface area is 200 Å². The highest BCUT2D eigenvalue weighted by atomic mass is 79.9. The van der Waals surface area contributed by atoms with Gasteiger partial charge < -0.3 is 14.8 Å². The van der Waals surface area contributed by atoms with Crippen molar-refractivity contribution in [2.75, 3.05) is 13.7 Å². The number of piperidine rings is 1. The van der Waals surface area contributed by atoms with Gasteiger partial charge in [-0.05, 0) is 58.6 Å². The molecule has 1 aliphatic carbocycles. The van der Waals surface area contributed by atoms with E-state index in [2.05, 4.69) is 56.1 Å². The molecule has 0 amide bonds. The molecule has 1 aromatic heterocycles. The lowest BCUT2D eigenvalue weighted by molar-refractivity contribution is 0.0179. The van der Waals surface area contributed by atoms with Gasteiger partial charge in [-0.2, -0.15) is 9.78 Å². The fourth-order valence-corrected chi connectivity index (χ4v) is 6.50. The zero-order chi connectivity index (χ0) is 22.2. The van der Waals surface area contributed by atoms with Crippen LogP contribution in [0.25, 0.3) is 0 Å². The minimum absolute atomic E-state index is 0.0399. The third kappa shape index (κ3) is 4.36. The highest BCUT2D eigenvalue weighted by Gasteiger charge is 2.52. The second-order valence-electron chi connectivity index (χ2n) is 8.96. The van der Waals surface area contributed by atoms with E-state index >= 15 is 0 Å². The molecule has 1 aliphatic heterocycles. The molecule has 0 saturated carbocycles. The molecule has 1 N–H and O–H groups in total. The number of carbonyl (C=O) groups is 1. The van der Waals surface area contributed by atoms with Crippen LogP contribution in [0.15, 0.2) is 34.9 Å². The second kappa shape index (κ2) is 9.33. The van der Waals surface area contributed by atoms with Crippen LogP contribution in [-0.2, 0) is 22.5 Å². The normalized spacial score (nSPS) is 28.0. The number of hydrogen-bond acceptors (Lipinski definition) is 5. The molecule has 2 aromatic rings. The molecule has 0 radical (unpaired) electrons. The molecular weight excluding hydrogens is 526 g/mol. The minimum atomic E-state index is -0.492. The standard InChI is InChI=1S/C23H29Br2N3O3/c1-14(2)17-12-23(9-10-26-17)11-16-18(19(30-3)20(23)24)28(27-21(16)25)22(29)31-13-15-7-5-4-6-8-15/h4-8,14,17,19-20,26H,9-13H2,1-3H3. The lowest BCUT2D eigenvalue weighted by Crippen LogP contribution is -2.54. The van der Waals surface area contributed by atoms with Gasteiger partial charge in [0.25, 0.3) is 0 Å². The number of ether oxygens (including phenoxy) is 2. The molecule has 31 heavy (non-hydrogen) atoms. The molecule has 2 heterocycles. The Bertz CT molecular complexity index is 934. The van der Waals surface area contributed by atoms with Crippen molar-refractivity contribution in [3.63, 3.8) is 0 Å². The summed E-state index contributed by atoms with van der Waals surface area (Å²) in [6.07, 6.45) is 2.15. The van der Waals surface area contributed by atoms with E-state index in [4.69, 9.17) is 9.47 Å². The summed E-state index contributed by atoms with van der Waals surface area (Å²) in [6.45, 7) is 5.70. The lowest BCUT2D eigenvalue weighted by atomic mass is 9.64. The average Bonchev–Trinajstić information content (AvgIpc) is 3.09. The Morgan fingerprint density at radius 3 is 2.77 bits per heavy atom. The van der Waals surface area contributed by atoms with Crippen molar-refractivity contribution in [2.45, 2.75) is 56.7 Å². The molecule has 6 nitrogen and oxygen atoms in total. The summed E-state index contributed by atoms with van der Waals surface area (Å²) in [5.41, 5.74) is 2.80. The minimum Gasteiger partial charge on any atom is -0.443 e. The molecule has 1 spiro atoms. The molecule has 8 heteroatoms. The average molecular weight is 555 g/mol. The van der Waals surface area contributed by atoms with E-state index in [1.54, 1.807) is 7.11 Å². The van der Waals surface area contributed by atoms with Crippen LogP contribution in [0.2, 0.25) is 0 Å². The van der Waals surface area contributed by atoms with E-state index in [1.807, 2.05) is 30.3 Å². The van der Waals surface area contributed by atoms with E-state index in [1.165, 1.54) is 4.68 Å². The maximum absolute atomic E-state index is 13.0. The first kappa shape index (κ1) is 23.0. The molecule has 4 atom stereocenters. The highest BCUT2D eigenvalue weighted by molar-refractivity contribution is 9.10. The molecule has 2 aliphatic rings. The number of fused-ring (bicyclic) bond motifs is 1. The quantitative estimate of drug-likeness (QED) is 0.524. The molecule has 1 aromatic carbocycles. The van der Waals surface area contributed by atoms with Crippen LogP contribution in [0.1, 0.15) is 49.6 Å². The van der Waals surface area contributed by atoms with Crippen molar-refractivity contribution >= 4 is 38.0 Å². The van der Waals surface area contributed by atoms with Gasteiger partial charge >= 0.3 is 6.09 Å². The van der Waals surface area contributed by atoms with Gasteiger partial charge in [-0.3, -0.25) is 0 Å². The molecule has 1 fully saturated rings. The maximum Gasteiger partial charge on any atom is 0.435 e. The first-order valence-corrected chi connectivity index (χ1v) is 12.5. The van der Waals surface area contributed by atoms with E-state index in [-0.39, 0.29) is 23.0 Å². The van der Waals surface area contributed by atoms with Gasteiger partial charge in [0, 0.05) is 18.7 Å². The summed E-state index contributed by atoms with van der Waals surface area (Å²) >= 11 is 7.60. The molecule has 4 unspecified atom stereocenters. The Kier molecular flexibility index (Phi) is 6.91. The molecule has 168 valence electrons. The monoisotopic (exact) mass is 553 g/mol. The van der Waals surface area contributed by atoms with Gasteiger partial charge in [0.2, 0.25) is 0 Å². The summed E-state index contributed by atoms with van der Waals surface area (Å²) in [7, 11) is 1.70. The largest absolute Gasteiger partial charge is 0.443 e. The van der Waals surface area contributed by atoms with Crippen molar-refractivity contribution in [3.8, 4) is 0 Å². The molecule has 4 rings (SSSR count). The highest BCUT2D eigenvalue weighted by Crippen LogP contribution is 2.54. The maximum atomic E-state index is 13.0. The Hall–Kier alpha value is -1.22. The van der Waals surface area contributed by atoms with Crippen LogP contribution < -0.4 is 5.32 Å². The van der Waals surface area contributed by atoms with Crippen molar-refractivity contribution in [1.29, 1.82) is 0 Å². The van der Waals surface area contributed by atoms with Crippen molar-refractivity contribution < 1.29 is 14.3 Å². The van der Waals surface area contributed by atoms with E-state index < -0.39 is 6.09 Å². The van der Waals surface area contributed by atoms with Crippen LogP contribution in [-0.4, -0.2) is 40.4 Å². The molecule has 1 saturated heterocycles. The summed E-state index contributed by atoms with van der Waals surface area (Å²) in [5.74, 6) is 0.554. The van der Waals surface area contributed by atoms with Crippen molar-refractivity contribution in [1.82, 2.24) is 15.1 Å². The number of nitrogens with one attached hydrogen (secondary N) is 1. The van der Waals surface area contributed by atoms with Crippen LogP contribution >= 0.6 is 31.9 Å². The zero-order valence-electron chi connectivity index (χ0n) is 18.1. The van der Waals surface area contributed by atoms with Crippen LogP contribution in [0.4, 0.5) is 4.79 Å².